The van der Waals surface area contributed by atoms with E-state index in [1.54, 1.807) is 11.3 Å². The summed E-state index contributed by atoms with van der Waals surface area (Å²) in [4.78, 5) is 0. The van der Waals surface area contributed by atoms with Crippen LogP contribution in [-0.2, 0) is 12.8 Å². The molecule has 0 aliphatic heterocycles. The number of fused-ring (bicyclic) bond motifs is 2. The third-order valence-corrected chi connectivity index (χ3v) is 5.20. The van der Waals surface area contributed by atoms with Crippen LogP contribution in [0.3, 0.4) is 0 Å². The van der Waals surface area contributed by atoms with E-state index in [1.165, 1.54) is 33.6 Å². The van der Waals surface area contributed by atoms with Gasteiger partial charge in [0.05, 0.1) is 8.67 Å². The Bertz CT molecular complexity index is 455. The maximum Gasteiger partial charge on any atom is 0.0982 e. The maximum atomic E-state index is 6.13. The van der Waals surface area contributed by atoms with Crippen LogP contribution in [0.1, 0.15) is 22.3 Å². The van der Waals surface area contributed by atoms with Gasteiger partial charge in [0.15, 0.2) is 0 Å². The minimum Gasteiger partial charge on any atom is -0.152 e. The normalized spacial score (nSPS) is 13.9. The van der Waals surface area contributed by atoms with Gasteiger partial charge < -0.3 is 0 Å². The molecule has 2 heterocycles. The van der Waals surface area contributed by atoms with Gasteiger partial charge in [-0.3, -0.25) is 0 Å². The summed E-state index contributed by atoms with van der Waals surface area (Å²) in [5, 5.41) is 4.42. The summed E-state index contributed by atoms with van der Waals surface area (Å²) < 4.78 is 1.73. The molecule has 0 amide bonds. The monoisotopic (exact) mass is 260 g/mol. The molecule has 0 bridgehead atoms. The van der Waals surface area contributed by atoms with Gasteiger partial charge in [-0.1, -0.05) is 23.2 Å². The standard InChI is InChI=1S/C10H6Cl2S2/c11-9-7-1-5-3-13-4-6(5)2-8(7)10(12)14-9/h3-4H,1-2H2. The molecule has 1 aliphatic rings. The van der Waals surface area contributed by atoms with E-state index in [9.17, 15) is 0 Å². The lowest BCUT2D eigenvalue weighted by molar-refractivity contribution is 1.03. The Balaban J connectivity index is 2.18. The highest BCUT2D eigenvalue weighted by molar-refractivity contribution is 7.20. The molecule has 2 aromatic rings. The average Bonchev–Trinajstić information content (AvgIpc) is 2.70. The van der Waals surface area contributed by atoms with E-state index in [1.807, 2.05) is 0 Å². The van der Waals surface area contributed by atoms with E-state index in [-0.39, 0.29) is 0 Å². The second-order valence-corrected chi connectivity index (χ2v) is 6.35. The fraction of sp³-hybridized carbons (Fsp3) is 0.200. The molecule has 2 aromatic heterocycles. The summed E-state index contributed by atoms with van der Waals surface area (Å²) in [6, 6.07) is 0. The molecule has 4 heteroatoms. The largest absolute Gasteiger partial charge is 0.152 e. The van der Waals surface area contributed by atoms with E-state index in [0.717, 1.165) is 21.5 Å². The SMILES string of the molecule is Clc1sc(Cl)c2c1Cc1cscc1C2. The predicted octanol–water partition coefficient (Wildman–Crippen LogP) is 4.61. The van der Waals surface area contributed by atoms with E-state index in [2.05, 4.69) is 10.8 Å². The van der Waals surface area contributed by atoms with Crippen molar-refractivity contribution < 1.29 is 0 Å². The Morgan fingerprint density at radius 2 is 1.43 bits per heavy atom. The summed E-state index contributed by atoms with van der Waals surface area (Å²) >= 11 is 15.5. The minimum absolute atomic E-state index is 0.863. The molecule has 0 saturated carbocycles. The fourth-order valence-corrected chi connectivity index (χ4v) is 4.44. The Morgan fingerprint density at radius 1 is 0.929 bits per heavy atom. The van der Waals surface area contributed by atoms with Gasteiger partial charge >= 0.3 is 0 Å². The number of thiophene rings is 2. The molecule has 0 saturated heterocycles. The van der Waals surface area contributed by atoms with Crippen molar-refractivity contribution in [2.45, 2.75) is 12.8 Å². The molecule has 1 aliphatic carbocycles. The molecule has 0 fully saturated rings. The van der Waals surface area contributed by atoms with Crippen molar-refractivity contribution in [2.24, 2.45) is 0 Å². The van der Waals surface area contributed by atoms with Crippen molar-refractivity contribution in [3.8, 4) is 0 Å². The Morgan fingerprint density at radius 3 is 1.93 bits per heavy atom. The molecule has 0 N–H and O–H groups in total. The number of hydrogen-bond acceptors (Lipinski definition) is 2. The quantitative estimate of drug-likeness (QED) is 0.554. The van der Waals surface area contributed by atoms with Crippen LogP contribution >= 0.6 is 45.9 Å². The van der Waals surface area contributed by atoms with Gasteiger partial charge in [0.2, 0.25) is 0 Å². The third kappa shape index (κ3) is 1.25. The first-order chi connectivity index (χ1) is 6.75. The van der Waals surface area contributed by atoms with Gasteiger partial charge in [0.1, 0.15) is 0 Å². The summed E-state index contributed by atoms with van der Waals surface area (Å²) in [5.74, 6) is 0. The Kier molecular flexibility index (Phi) is 2.13. The lowest BCUT2D eigenvalue weighted by Gasteiger charge is -2.12. The van der Waals surface area contributed by atoms with Gasteiger partial charge in [-0.15, -0.1) is 11.3 Å². The molecule has 0 unspecified atom stereocenters. The van der Waals surface area contributed by atoms with Crippen molar-refractivity contribution in [1.82, 2.24) is 0 Å². The lowest BCUT2D eigenvalue weighted by Crippen LogP contribution is -2.02. The second-order valence-electron chi connectivity index (χ2n) is 3.38. The summed E-state index contributed by atoms with van der Waals surface area (Å²) in [6.45, 7) is 0. The van der Waals surface area contributed by atoms with Crippen LogP contribution in [0.2, 0.25) is 8.67 Å². The average molecular weight is 261 g/mol. The van der Waals surface area contributed by atoms with Gasteiger partial charge in [-0.05, 0) is 33.0 Å². The maximum absolute atomic E-state index is 6.13. The first-order valence-electron chi connectivity index (χ1n) is 4.25. The zero-order chi connectivity index (χ0) is 9.71. The van der Waals surface area contributed by atoms with Gasteiger partial charge in [0, 0.05) is 12.8 Å². The Hall–Kier alpha value is -0.0200. The van der Waals surface area contributed by atoms with Crippen molar-refractivity contribution in [1.29, 1.82) is 0 Å². The first-order valence-corrected chi connectivity index (χ1v) is 6.76. The van der Waals surface area contributed by atoms with Gasteiger partial charge in [-0.25, -0.2) is 0 Å². The first kappa shape index (κ1) is 9.22. The van der Waals surface area contributed by atoms with E-state index >= 15 is 0 Å². The van der Waals surface area contributed by atoms with Crippen LogP contribution in [-0.4, -0.2) is 0 Å². The summed E-state index contributed by atoms with van der Waals surface area (Å²) in [7, 11) is 0. The topological polar surface area (TPSA) is 0 Å². The molecule has 0 spiro atoms. The highest BCUT2D eigenvalue weighted by Crippen LogP contribution is 2.42. The van der Waals surface area contributed by atoms with Gasteiger partial charge in [0.25, 0.3) is 0 Å². The van der Waals surface area contributed by atoms with E-state index in [4.69, 9.17) is 23.2 Å². The molecular weight excluding hydrogens is 255 g/mol. The predicted molar refractivity (Wildman–Crippen MR) is 64.3 cm³/mol. The highest BCUT2D eigenvalue weighted by Gasteiger charge is 2.22. The van der Waals surface area contributed by atoms with E-state index < -0.39 is 0 Å². The molecule has 14 heavy (non-hydrogen) atoms. The van der Waals surface area contributed by atoms with Crippen molar-refractivity contribution >= 4 is 45.9 Å². The molecule has 0 radical (unpaired) electrons. The lowest BCUT2D eigenvalue weighted by atomic mass is 9.92. The summed E-state index contributed by atoms with van der Waals surface area (Å²) in [6.07, 6.45) is 1.91. The van der Waals surface area contributed by atoms with Crippen LogP contribution in [0.4, 0.5) is 0 Å². The van der Waals surface area contributed by atoms with Crippen LogP contribution in [0.15, 0.2) is 10.8 Å². The fourth-order valence-electron chi connectivity index (χ4n) is 1.83. The van der Waals surface area contributed by atoms with Crippen molar-refractivity contribution in [2.75, 3.05) is 0 Å². The number of halogens is 2. The van der Waals surface area contributed by atoms with Crippen molar-refractivity contribution in [3.63, 3.8) is 0 Å². The number of rotatable bonds is 0. The molecule has 0 atom stereocenters. The Labute approximate surface area is 100 Å². The highest BCUT2D eigenvalue weighted by atomic mass is 35.5. The third-order valence-electron chi connectivity index (χ3n) is 2.59. The number of hydrogen-bond donors (Lipinski definition) is 0. The molecule has 72 valence electrons. The smallest absolute Gasteiger partial charge is 0.0982 e. The van der Waals surface area contributed by atoms with Crippen LogP contribution in [0.5, 0.6) is 0 Å². The molecule has 3 rings (SSSR count). The van der Waals surface area contributed by atoms with Crippen LogP contribution in [0, 0.1) is 0 Å². The second kappa shape index (κ2) is 3.24. The van der Waals surface area contributed by atoms with Crippen molar-refractivity contribution in [3.05, 3.63) is 41.7 Å². The van der Waals surface area contributed by atoms with Crippen LogP contribution < -0.4 is 0 Å². The molecular formula is C10H6Cl2S2. The minimum atomic E-state index is 0.863. The molecule has 0 nitrogen and oxygen atoms in total. The zero-order valence-corrected chi connectivity index (χ0v) is 10.3. The zero-order valence-electron chi connectivity index (χ0n) is 7.14. The summed E-state index contributed by atoms with van der Waals surface area (Å²) in [5.41, 5.74) is 5.32. The molecule has 0 aromatic carbocycles. The van der Waals surface area contributed by atoms with Gasteiger partial charge in [-0.2, -0.15) is 11.3 Å². The van der Waals surface area contributed by atoms with Crippen LogP contribution in [0.25, 0.3) is 0 Å². The van der Waals surface area contributed by atoms with E-state index in [0.29, 0.717) is 0 Å².